The summed E-state index contributed by atoms with van der Waals surface area (Å²) in [6, 6.07) is 8.04. The minimum atomic E-state index is 0.162. The molecular formula is C17H25ClN2O. The molecule has 1 aromatic rings. The van der Waals surface area contributed by atoms with Crippen molar-refractivity contribution >= 4 is 17.5 Å². The van der Waals surface area contributed by atoms with Gasteiger partial charge in [0, 0.05) is 18.0 Å². The van der Waals surface area contributed by atoms with Gasteiger partial charge in [-0.2, -0.15) is 0 Å². The van der Waals surface area contributed by atoms with Crippen LogP contribution in [0.3, 0.4) is 0 Å². The van der Waals surface area contributed by atoms with E-state index < -0.39 is 0 Å². The van der Waals surface area contributed by atoms with Gasteiger partial charge in [0.15, 0.2) is 0 Å². The highest BCUT2D eigenvalue weighted by atomic mass is 35.5. The summed E-state index contributed by atoms with van der Waals surface area (Å²) in [5.41, 5.74) is 6.57. The zero-order chi connectivity index (χ0) is 15.1. The van der Waals surface area contributed by atoms with Gasteiger partial charge in [-0.3, -0.25) is 4.79 Å². The van der Waals surface area contributed by atoms with Crippen LogP contribution in [0.1, 0.15) is 56.6 Å². The van der Waals surface area contributed by atoms with Crippen LogP contribution >= 0.6 is 11.6 Å². The average molecular weight is 309 g/mol. The molecule has 0 spiro atoms. The van der Waals surface area contributed by atoms with Crippen LogP contribution < -0.4 is 5.73 Å². The van der Waals surface area contributed by atoms with Crippen LogP contribution in [0.2, 0.25) is 5.02 Å². The maximum atomic E-state index is 12.4. The third-order valence-electron chi connectivity index (χ3n) is 4.18. The molecule has 1 aliphatic rings. The van der Waals surface area contributed by atoms with Gasteiger partial charge in [0.1, 0.15) is 0 Å². The number of hydrogen-bond donors (Lipinski definition) is 1. The number of nitrogens with zero attached hydrogens (tertiary/aromatic N) is 1. The molecule has 1 unspecified atom stereocenters. The molecule has 0 bridgehead atoms. The number of unbranched alkanes of at least 4 members (excludes halogenated alkanes) is 3. The summed E-state index contributed by atoms with van der Waals surface area (Å²) in [6.07, 6.45) is 6.96. The number of rotatable bonds is 7. The van der Waals surface area contributed by atoms with E-state index in [4.69, 9.17) is 17.3 Å². The Balaban J connectivity index is 1.89. The van der Waals surface area contributed by atoms with Crippen LogP contribution in [-0.2, 0) is 4.79 Å². The lowest BCUT2D eigenvalue weighted by Crippen LogP contribution is -2.30. The number of likely N-dealkylation sites (tertiary alicyclic amines) is 1. The van der Waals surface area contributed by atoms with Crippen molar-refractivity contribution < 1.29 is 4.79 Å². The van der Waals surface area contributed by atoms with E-state index in [1.807, 2.05) is 29.2 Å². The standard InChI is InChI=1S/C17H25ClN2O/c18-15-9-5-4-8-14(15)16-10-7-13-20(16)17(21)11-3-1-2-6-12-19/h4-5,8-9,16H,1-3,6-7,10-13,19H2. The second kappa shape index (κ2) is 8.40. The molecule has 1 saturated heterocycles. The topological polar surface area (TPSA) is 46.3 Å². The van der Waals surface area contributed by atoms with Gasteiger partial charge in [-0.15, -0.1) is 0 Å². The molecule has 1 fully saturated rings. The second-order valence-electron chi connectivity index (χ2n) is 5.72. The predicted octanol–water partition coefficient (Wildman–Crippen LogP) is 3.91. The molecule has 116 valence electrons. The Kier molecular flexibility index (Phi) is 6.52. The molecule has 0 radical (unpaired) electrons. The molecule has 3 nitrogen and oxygen atoms in total. The van der Waals surface area contributed by atoms with Crippen LogP contribution in [-0.4, -0.2) is 23.9 Å². The van der Waals surface area contributed by atoms with E-state index in [-0.39, 0.29) is 11.9 Å². The van der Waals surface area contributed by atoms with Crippen molar-refractivity contribution in [2.45, 2.75) is 51.0 Å². The highest BCUT2D eigenvalue weighted by molar-refractivity contribution is 6.31. The molecule has 0 aromatic heterocycles. The molecular weight excluding hydrogens is 284 g/mol. The fourth-order valence-corrected chi connectivity index (χ4v) is 3.31. The summed E-state index contributed by atoms with van der Waals surface area (Å²) in [6.45, 7) is 1.60. The van der Waals surface area contributed by atoms with Gasteiger partial charge >= 0.3 is 0 Å². The molecule has 1 heterocycles. The summed E-state index contributed by atoms with van der Waals surface area (Å²) < 4.78 is 0. The van der Waals surface area contributed by atoms with Gasteiger partial charge in [0.25, 0.3) is 0 Å². The number of hydrogen-bond acceptors (Lipinski definition) is 2. The molecule has 0 saturated carbocycles. The van der Waals surface area contributed by atoms with Crippen LogP contribution in [0, 0.1) is 0 Å². The molecule has 2 rings (SSSR count). The summed E-state index contributed by atoms with van der Waals surface area (Å²) in [7, 11) is 0. The van der Waals surface area contributed by atoms with Crippen molar-refractivity contribution in [3.63, 3.8) is 0 Å². The zero-order valence-corrected chi connectivity index (χ0v) is 13.3. The van der Waals surface area contributed by atoms with E-state index in [2.05, 4.69) is 0 Å². The Morgan fingerprint density at radius 2 is 2.00 bits per heavy atom. The van der Waals surface area contributed by atoms with E-state index in [1.54, 1.807) is 0 Å². The summed E-state index contributed by atoms with van der Waals surface area (Å²) >= 11 is 6.29. The minimum Gasteiger partial charge on any atom is -0.336 e. The molecule has 1 atom stereocenters. The van der Waals surface area contributed by atoms with E-state index in [1.165, 1.54) is 0 Å². The number of carbonyl (C=O) groups excluding carboxylic acids is 1. The molecule has 21 heavy (non-hydrogen) atoms. The predicted molar refractivity (Wildman–Crippen MR) is 87.3 cm³/mol. The van der Waals surface area contributed by atoms with Crippen molar-refractivity contribution in [3.8, 4) is 0 Å². The number of amides is 1. The highest BCUT2D eigenvalue weighted by Crippen LogP contribution is 2.36. The molecule has 1 amide bonds. The summed E-state index contributed by atoms with van der Waals surface area (Å²) in [5.74, 6) is 0.269. The molecule has 1 aliphatic heterocycles. The van der Waals surface area contributed by atoms with Gasteiger partial charge in [-0.1, -0.05) is 42.6 Å². The van der Waals surface area contributed by atoms with E-state index in [0.29, 0.717) is 6.42 Å². The quantitative estimate of drug-likeness (QED) is 0.776. The Morgan fingerprint density at radius 3 is 2.76 bits per heavy atom. The number of benzene rings is 1. The molecule has 4 heteroatoms. The van der Waals surface area contributed by atoms with Crippen molar-refractivity contribution in [1.29, 1.82) is 0 Å². The van der Waals surface area contributed by atoms with E-state index in [0.717, 1.165) is 62.2 Å². The van der Waals surface area contributed by atoms with Crippen LogP contribution in [0.4, 0.5) is 0 Å². The maximum Gasteiger partial charge on any atom is 0.223 e. The Hall–Kier alpha value is -1.06. The second-order valence-corrected chi connectivity index (χ2v) is 6.13. The van der Waals surface area contributed by atoms with Gasteiger partial charge in [-0.25, -0.2) is 0 Å². The van der Waals surface area contributed by atoms with Crippen molar-refractivity contribution in [1.82, 2.24) is 4.90 Å². The molecule has 2 N–H and O–H groups in total. The monoisotopic (exact) mass is 308 g/mol. The maximum absolute atomic E-state index is 12.4. The average Bonchev–Trinajstić information content (AvgIpc) is 2.96. The van der Waals surface area contributed by atoms with Crippen LogP contribution in [0.5, 0.6) is 0 Å². The van der Waals surface area contributed by atoms with Gasteiger partial charge in [-0.05, 0) is 43.9 Å². The number of halogens is 1. The lowest BCUT2D eigenvalue weighted by Gasteiger charge is -2.26. The number of carbonyl (C=O) groups is 1. The SMILES string of the molecule is NCCCCCCC(=O)N1CCCC1c1ccccc1Cl. The minimum absolute atomic E-state index is 0.162. The van der Waals surface area contributed by atoms with Gasteiger partial charge in [0.2, 0.25) is 5.91 Å². The van der Waals surface area contributed by atoms with Crippen molar-refractivity contribution in [2.24, 2.45) is 5.73 Å². The third-order valence-corrected chi connectivity index (χ3v) is 4.53. The highest BCUT2D eigenvalue weighted by Gasteiger charge is 2.30. The fourth-order valence-electron chi connectivity index (χ4n) is 3.05. The Morgan fingerprint density at radius 1 is 1.24 bits per heavy atom. The largest absolute Gasteiger partial charge is 0.336 e. The lowest BCUT2D eigenvalue weighted by atomic mass is 10.0. The first-order valence-corrected chi connectivity index (χ1v) is 8.36. The molecule has 1 aromatic carbocycles. The van der Waals surface area contributed by atoms with Crippen LogP contribution in [0.25, 0.3) is 0 Å². The normalized spacial score (nSPS) is 18.2. The molecule has 0 aliphatic carbocycles. The number of nitrogens with two attached hydrogens (primary N) is 1. The summed E-state index contributed by atoms with van der Waals surface area (Å²) in [5, 5.41) is 0.769. The smallest absolute Gasteiger partial charge is 0.223 e. The Labute approximate surface area is 132 Å². The third kappa shape index (κ3) is 4.45. The van der Waals surface area contributed by atoms with Crippen molar-refractivity contribution in [3.05, 3.63) is 34.9 Å². The van der Waals surface area contributed by atoms with Crippen LogP contribution in [0.15, 0.2) is 24.3 Å². The van der Waals surface area contributed by atoms with Gasteiger partial charge in [0.05, 0.1) is 6.04 Å². The first kappa shape index (κ1) is 16.3. The fraction of sp³-hybridized carbons (Fsp3) is 0.588. The first-order valence-electron chi connectivity index (χ1n) is 7.98. The van der Waals surface area contributed by atoms with Crippen molar-refractivity contribution in [2.75, 3.05) is 13.1 Å². The Bertz CT molecular complexity index is 464. The first-order chi connectivity index (χ1) is 10.2. The van der Waals surface area contributed by atoms with E-state index >= 15 is 0 Å². The lowest BCUT2D eigenvalue weighted by molar-refractivity contribution is -0.132. The van der Waals surface area contributed by atoms with Gasteiger partial charge < -0.3 is 10.6 Å². The zero-order valence-electron chi connectivity index (χ0n) is 12.6. The van der Waals surface area contributed by atoms with E-state index in [9.17, 15) is 4.79 Å². The summed E-state index contributed by atoms with van der Waals surface area (Å²) in [4.78, 5) is 14.4.